The molecule has 0 unspecified atom stereocenters. The van der Waals surface area contributed by atoms with Gasteiger partial charge in [-0.3, -0.25) is 0 Å². The largest absolute Gasteiger partial charge is 0.300 e. The van der Waals surface area contributed by atoms with Crippen molar-refractivity contribution in [3.8, 4) is 0 Å². The predicted octanol–water partition coefficient (Wildman–Crippen LogP) is 3.30. The molecular formula is C12H25N. The van der Waals surface area contributed by atoms with Gasteiger partial charge in [-0.05, 0) is 44.7 Å². The lowest BCUT2D eigenvalue weighted by molar-refractivity contribution is 0.121. The van der Waals surface area contributed by atoms with Crippen LogP contribution in [0.1, 0.15) is 52.9 Å². The lowest BCUT2D eigenvalue weighted by atomic mass is 9.91. The van der Waals surface area contributed by atoms with Crippen molar-refractivity contribution in [3.05, 3.63) is 0 Å². The van der Waals surface area contributed by atoms with E-state index < -0.39 is 0 Å². The Hall–Kier alpha value is -0.0400. The van der Waals surface area contributed by atoms with Crippen LogP contribution in [0.4, 0.5) is 0 Å². The van der Waals surface area contributed by atoms with Gasteiger partial charge in [0.1, 0.15) is 0 Å². The maximum atomic E-state index is 2.71. The molecule has 1 aliphatic carbocycles. The molecule has 78 valence electrons. The molecule has 0 saturated heterocycles. The zero-order valence-electron chi connectivity index (χ0n) is 9.55. The van der Waals surface area contributed by atoms with Crippen molar-refractivity contribution >= 4 is 0 Å². The Bertz CT molecular complexity index is 127. The number of hydrogen-bond donors (Lipinski definition) is 0. The highest BCUT2D eigenvalue weighted by Crippen LogP contribution is 2.25. The van der Waals surface area contributed by atoms with Gasteiger partial charge < -0.3 is 4.90 Å². The Labute approximate surface area is 83.5 Å². The van der Waals surface area contributed by atoms with Crippen LogP contribution in [0.2, 0.25) is 0 Å². The first kappa shape index (κ1) is 11.0. The highest BCUT2D eigenvalue weighted by Gasteiger charge is 2.23. The molecule has 0 bridgehead atoms. The molecule has 1 nitrogen and oxygen atoms in total. The summed E-state index contributed by atoms with van der Waals surface area (Å²) in [5.74, 6) is 0.861. The van der Waals surface area contributed by atoms with E-state index in [1.54, 1.807) is 0 Å². The Balaban J connectivity index is 2.20. The molecule has 0 atom stereocenters. The maximum absolute atomic E-state index is 2.71. The summed E-state index contributed by atoms with van der Waals surface area (Å²) < 4.78 is 0. The van der Waals surface area contributed by atoms with Gasteiger partial charge in [0, 0.05) is 6.04 Å². The Morgan fingerprint density at radius 3 is 2.31 bits per heavy atom. The van der Waals surface area contributed by atoms with Gasteiger partial charge in [-0.25, -0.2) is 0 Å². The smallest absolute Gasteiger partial charge is 0.00952 e. The summed E-state index contributed by atoms with van der Waals surface area (Å²) in [6.07, 6.45) is 7.06. The molecule has 1 rings (SSSR count). The molecule has 13 heavy (non-hydrogen) atoms. The van der Waals surface area contributed by atoms with Crippen LogP contribution >= 0.6 is 0 Å². The van der Waals surface area contributed by atoms with Crippen LogP contribution in [0.15, 0.2) is 0 Å². The van der Waals surface area contributed by atoms with E-state index in [1.807, 2.05) is 0 Å². The summed E-state index contributed by atoms with van der Waals surface area (Å²) in [7, 11) is 0. The van der Waals surface area contributed by atoms with Crippen LogP contribution in [0.25, 0.3) is 0 Å². The van der Waals surface area contributed by atoms with Gasteiger partial charge in [-0.15, -0.1) is 0 Å². The highest BCUT2D eigenvalue weighted by atomic mass is 15.2. The second-order valence-corrected chi connectivity index (χ2v) is 4.80. The van der Waals surface area contributed by atoms with Crippen LogP contribution in [-0.2, 0) is 0 Å². The third kappa shape index (κ3) is 3.68. The second kappa shape index (κ2) is 5.64. The normalized spacial score (nSPS) is 18.2. The summed E-state index contributed by atoms with van der Waals surface area (Å²) in [5, 5.41) is 0. The van der Waals surface area contributed by atoms with E-state index in [9.17, 15) is 0 Å². The van der Waals surface area contributed by atoms with E-state index in [0.29, 0.717) is 0 Å². The zero-order chi connectivity index (χ0) is 9.68. The zero-order valence-corrected chi connectivity index (χ0v) is 9.55. The molecule has 1 saturated carbocycles. The fourth-order valence-electron chi connectivity index (χ4n) is 1.94. The molecule has 1 aliphatic rings. The number of hydrogen-bond acceptors (Lipinski definition) is 1. The predicted molar refractivity (Wildman–Crippen MR) is 59.0 cm³/mol. The fourth-order valence-corrected chi connectivity index (χ4v) is 1.94. The Kier molecular flexibility index (Phi) is 4.79. The lowest BCUT2D eigenvalue weighted by Gasteiger charge is -2.37. The molecule has 0 aromatic heterocycles. The molecule has 1 heteroatoms. The quantitative estimate of drug-likeness (QED) is 0.611. The van der Waals surface area contributed by atoms with Crippen molar-refractivity contribution < 1.29 is 0 Å². The van der Waals surface area contributed by atoms with Crippen LogP contribution < -0.4 is 0 Å². The molecule has 0 radical (unpaired) electrons. The summed E-state index contributed by atoms with van der Waals surface area (Å²) in [5.41, 5.74) is 0. The molecule has 0 aromatic carbocycles. The van der Waals surface area contributed by atoms with Gasteiger partial charge >= 0.3 is 0 Å². The first-order valence-electron chi connectivity index (χ1n) is 5.98. The van der Waals surface area contributed by atoms with Gasteiger partial charge in [0.15, 0.2) is 0 Å². The van der Waals surface area contributed by atoms with Crippen LogP contribution in [-0.4, -0.2) is 24.0 Å². The summed E-state index contributed by atoms with van der Waals surface area (Å²) in [6, 6.07) is 0.943. The standard InChI is InChI=1S/C12H25N/c1-4-9-13(10-8-11(2)3)12-6-5-7-12/h11-12H,4-10H2,1-3H3. The van der Waals surface area contributed by atoms with Crippen molar-refractivity contribution in [2.45, 2.75) is 58.9 Å². The highest BCUT2D eigenvalue weighted by molar-refractivity contribution is 4.79. The Morgan fingerprint density at radius 1 is 1.23 bits per heavy atom. The van der Waals surface area contributed by atoms with Crippen molar-refractivity contribution in [1.82, 2.24) is 4.90 Å². The number of rotatable bonds is 6. The van der Waals surface area contributed by atoms with Gasteiger partial charge in [0.25, 0.3) is 0 Å². The fraction of sp³-hybridized carbons (Fsp3) is 1.00. The summed E-state index contributed by atoms with van der Waals surface area (Å²) >= 11 is 0. The Morgan fingerprint density at radius 2 is 1.92 bits per heavy atom. The lowest BCUT2D eigenvalue weighted by Crippen LogP contribution is -2.41. The second-order valence-electron chi connectivity index (χ2n) is 4.80. The van der Waals surface area contributed by atoms with E-state index in [2.05, 4.69) is 25.7 Å². The molecule has 0 aromatic rings. The topological polar surface area (TPSA) is 3.24 Å². The van der Waals surface area contributed by atoms with Crippen LogP contribution in [0, 0.1) is 5.92 Å². The minimum absolute atomic E-state index is 0.861. The molecule has 0 heterocycles. The molecule has 0 aliphatic heterocycles. The average Bonchev–Trinajstić information content (AvgIpc) is 1.97. The molecular weight excluding hydrogens is 158 g/mol. The maximum Gasteiger partial charge on any atom is 0.00952 e. The molecule has 1 fully saturated rings. The molecule has 0 N–H and O–H groups in total. The van der Waals surface area contributed by atoms with E-state index >= 15 is 0 Å². The van der Waals surface area contributed by atoms with E-state index in [0.717, 1.165) is 12.0 Å². The van der Waals surface area contributed by atoms with Crippen LogP contribution in [0.5, 0.6) is 0 Å². The minimum Gasteiger partial charge on any atom is -0.300 e. The third-order valence-electron chi connectivity index (χ3n) is 3.10. The van der Waals surface area contributed by atoms with Crippen molar-refractivity contribution in [1.29, 1.82) is 0 Å². The van der Waals surface area contributed by atoms with E-state index in [-0.39, 0.29) is 0 Å². The summed E-state index contributed by atoms with van der Waals surface area (Å²) in [4.78, 5) is 2.71. The monoisotopic (exact) mass is 183 g/mol. The first-order valence-corrected chi connectivity index (χ1v) is 5.98. The van der Waals surface area contributed by atoms with E-state index in [4.69, 9.17) is 0 Å². The van der Waals surface area contributed by atoms with Crippen molar-refractivity contribution in [3.63, 3.8) is 0 Å². The SMILES string of the molecule is CCCN(CCC(C)C)C1CCC1. The van der Waals surface area contributed by atoms with Gasteiger partial charge in [0.05, 0.1) is 0 Å². The van der Waals surface area contributed by atoms with Crippen LogP contribution in [0.3, 0.4) is 0 Å². The number of nitrogens with zero attached hydrogens (tertiary/aromatic N) is 1. The summed E-state index contributed by atoms with van der Waals surface area (Å²) in [6.45, 7) is 9.59. The van der Waals surface area contributed by atoms with Crippen molar-refractivity contribution in [2.24, 2.45) is 5.92 Å². The van der Waals surface area contributed by atoms with Gasteiger partial charge in [-0.2, -0.15) is 0 Å². The minimum atomic E-state index is 0.861. The average molecular weight is 183 g/mol. The van der Waals surface area contributed by atoms with Crippen molar-refractivity contribution in [2.75, 3.05) is 13.1 Å². The molecule has 0 amide bonds. The third-order valence-corrected chi connectivity index (χ3v) is 3.10. The van der Waals surface area contributed by atoms with E-state index in [1.165, 1.54) is 45.2 Å². The first-order chi connectivity index (χ1) is 6.24. The van der Waals surface area contributed by atoms with Gasteiger partial charge in [-0.1, -0.05) is 27.2 Å². The van der Waals surface area contributed by atoms with Gasteiger partial charge in [0.2, 0.25) is 0 Å². The molecule has 0 spiro atoms.